The molecule has 0 aromatic heterocycles. The number of piperazine rings is 1. The molecule has 4 amide bonds. The Morgan fingerprint density at radius 2 is 1.71 bits per heavy atom. The van der Waals surface area contributed by atoms with Gasteiger partial charge in [0.05, 0.1) is 6.54 Å². The summed E-state index contributed by atoms with van der Waals surface area (Å²) in [6.07, 6.45) is -3.56. The van der Waals surface area contributed by atoms with Crippen LogP contribution in [0.4, 0.5) is 15.3 Å². The summed E-state index contributed by atoms with van der Waals surface area (Å²) in [5, 5.41) is 19.4. The first-order valence-corrected chi connectivity index (χ1v) is 11.1. The number of carboxylic acid groups (broad SMARTS) is 1. The number of benzene rings is 1. The van der Waals surface area contributed by atoms with E-state index < -0.39 is 48.3 Å². The molecular weight excluding hydrogens is 462 g/mol. The average molecular weight is 494 g/mol. The molecule has 2 aliphatic rings. The molecule has 2 saturated heterocycles. The first-order chi connectivity index (χ1) is 16.6. The standard InChI is InChI=1S/C22H31N5O8/c1-24(2)21(32)35-16-13-17(18(28)23-33)22(34-3,27(14-16)20(30)31)19(29)26-11-9-25(10-12-26)15-7-5-4-6-8-15/h4-8,16-17,33H,9-14H2,1-3H3,(H,23,28)(H,30,31)/t16-,17+,22-/m0/s1. The number of carbonyl (C=O) groups excluding carboxylic acids is 3. The maximum absolute atomic E-state index is 13.8. The van der Waals surface area contributed by atoms with Crippen LogP contribution in [0.5, 0.6) is 0 Å². The highest BCUT2D eigenvalue weighted by molar-refractivity contribution is 5.95. The van der Waals surface area contributed by atoms with Crippen LogP contribution in [-0.2, 0) is 19.1 Å². The lowest BCUT2D eigenvalue weighted by atomic mass is 9.82. The number of nitrogens with one attached hydrogen (secondary N) is 1. The van der Waals surface area contributed by atoms with E-state index in [0.717, 1.165) is 17.7 Å². The third-order valence-corrected chi connectivity index (χ3v) is 6.35. The van der Waals surface area contributed by atoms with Crippen LogP contribution in [0.3, 0.4) is 0 Å². The van der Waals surface area contributed by atoms with Gasteiger partial charge in [-0.2, -0.15) is 0 Å². The highest BCUT2D eigenvalue weighted by Gasteiger charge is 2.62. The van der Waals surface area contributed by atoms with Crippen LogP contribution in [0.25, 0.3) is 0 Å². The number of piperidine rings is 1. The van der Waals surface area contributed by atoms with Gasteiger partial charge in [-0.3, -0.25) is 19.7 Å². The molecule has 13 nitrogen and oxygen atoms in total. The Hall–Kier alpha value is -3.58. The summed E-state index contributed by atoms with van der Waals surface area (Å²) in [5.41, 5.74) is 0.237. The summed E-state index contributed by atoms with van der Waals surface area (Å²) in [5.74, 6) is -3.23. The molecule has 3 rings (SSSR count). The molecule has 3 N–H and O–H groups in total. The van der Waals surface area contributed by atoms with Crippen molar-refractivity contribution < 1.29 is 39.0 Å². The minimum absolute atomic E-state index is 0.237. The molecule has 1 aromatic carbocycles. The smallest absolute Gasteiger partial charge is 0.410 e. The molecule has 0 saturated carbocycles. The first kappa shape index (κ1) is 26.0. The van der Waals surface area contributed by atoms with Gasteiger partial charge in [-0.1, -0.05) is 18.2 Å². The third-order valence-electron chi connectivity index (χ3n) is 6.35. The summed E-state index contributed by atoms with van der Waals surface area (Å²) in [7, 11) is 4.05. The maximum atomic E-state index is 13.8. The number of nitrogens with zero attached hydrogens (tertiary/aromatic N) is 4. The van der Waals surface area contributed by atoms with Gasteiger partial charge < -0.3 is 29.3 Å². The van der Waals surface area contributed by atoms with E-state index in [4.69, 9.17) is 9.47 Å². The SMILES string of the molecule is CO[C@]1(C(=O)N2CCN(c3ccccc3)CC2)[C@@H](C(=O)NO)C[C@H](OC(=O)N(C)C)CN1C(=O)O. The van der Waals surface area contributed by atoms with Crippen LogP contribution in [0.15, 0.2) is 30.3 Å². The van der Waals surface area contributed by atoms with Gasteiger partial charge in [0.2, 0.25) is 5.72 Å². The van der Waals surface area contributed by atoms with E-state index in [1.54, 1.807) is 0 Å². The molecule has 2 aliphatic heterocycles. The van der Waals surface area contributed by atoms with Gasteiger partial charge in [-0.15, -0.1) is 0 Å². The topological polar surface area (TPSA) is 152 Å². The van der Waals surface area contributed by atoms with E-state index >= 15 is 0 Å². The number of rotatable bonds is 5. The Balaban J connectivity index is 1.89. The Morgan fingerprint density at radius 3 is 2.23 bits per heavy atom. The van der Waals surface area contributed by atoms with Crippen LogP contribution in [0, 0.1) is 5.92 Å². The second-order valence-electron chi connectivity index (χ2n) is 8.57. The van der Waals surface area contributed by atoms with E-state index in [2.05, 4.69) is 4.90 Å². The Kier molecular flexibility index (Phi) is 8.02. The lowest BCUT2D eigenvalue weighted by molar-refractivity contribution is -0.213. The van der Waals surface area contributed by atoms with E-state index in [1.807, 2.05) is 30.3 Å². The number of likely N-dealkylation sites (tertiary alicyclic amines) is 1. The Labute approximate surface area is 202 Å². The van der Waals surface area contributed by atoms with Crippen molar-refractivity contribution in [3.8, 4) is 0 Å². The summed E-state index contributed by atoms with van der Waals surface area (Å²) in [6.45, 7) is 1.11. The van der Waals surface area contributed by atoms with Crippen LogP contribution >= 0.6 is 0 Å². The summed E-state index contributed by atoms with van der Waals surface area (Å²) < 4.78 is 10.9. The highest BCUT2D eigenvalue weighted by atomic mass is 16.6. The highest BCUT2D eigenvalue weighted by Crippen LogP contribution is 2.38. The molecule has 0 aliphatic carbocycles. The van der Waals surface area contributed by atoms with Crippen molar-refractivity contribution in [2.24, 2.45) is 5.92 Å². The zero-order valence-electron chi connectivity index (χ0n) is 19.9. The second kappa shape index (κ2) is 10.8. The number of hydrogen-bond acceptors (Lipinski definition) is 8. The molecule has 1 aromatic rings. The van der Waals surface area contributed by atoms with Gasteiger partial charge in [0.1, 0.15) is 12.0 Å². The van der Waals surface area contributed by atoms with E-state index in [-0.39, 0.29) is 19.5 Å². The molecule has 2 heterocycles. The van der Waals surface area contributed by atoms with Crippen LogP contribution < -0.4 is 10.4 Å². The number of carbonyl (C=O) groups is 4. The molecule has 3 atom stereocenters. The van der Waals surface area contributed by atoms with Crippen molar-refractivity contribution in [3.63, 3.8) is 0 Å². The van der Waals surface area contributed by atoms with Gasteiger partial charge in [0.15, 0.2) is 0 Å². The molecule has 0 bridgehead atoms. The van der Waals surface area contributed by atoms with Crippen molar-refractivity contribution >= 4 is 29.7 Å². The fraction of sp³-hybridized carbons (Fsp3) is 0.545. The lowest BCUT2D eigenvalue weighted by Crippen LogP contribution is -2.73. The predicted octanol–water partition coefficient (Wildman–Crippen LogP) is 0.250. The third kappa shape index (κ3) is 5.10. The fourth-order valence-electron chi connectivity index (χ4n) is 4.58. The largest absolute Gasteiger partial charge is 0.465 e. The first-order valence-electron chi connectivity index (χ1n) is 11.1. The van der Waals surface area contributed by atoms with Gasteiger partial charge in [-0.25, -0.2) is 15.1 Å². The number of ether oxygens (including phenoxy) is 2. The number of hydroxylamine groups is 1. The lowest BCUT2D eigenvalue weighted by Gasteiger charge is -2.51. The molecule has 0 spiro atoms. The normalized spacial score (nSPS) is 24.5. The number of amides is 4. The molecule has 0 unspecified atom stereocenters. The zero-order chi connectivity index (χ0) is 25.8. The molecule has 192 valence electrons. The number of anilines is 1. The number of methoxy groups -OCH3 is 1. The molecule has 0 radical (unpaired) electrons. The second-order valence-corrected chi connectivity index (χ2v) is 8.57. The van der Waals surface area contributed by atoms with Crippen molar-refractivity contribution in [1.82, 2.24) is 20.2 Å². The molecular formula is C22H31N5O8. The van der Waals surface area contributed by atoms with Gasteiger partial charge >= 0.3 is 12.2 Å². The minimum atomic E-state index is -2.26. The predicted molar refractivity (Wildman–Crippen MR) is 122 cm³/mol. The van der Waals surface area contributed by atoms with E-state index in [1.165, 1.54) is 24.5 Å². The van der Waals surface area contributed by atoms with Crippen molar-refractivity contribution in [2.45, 2.75) is 18.2 Å². The van der Waals surface area contributed by atoms with E-state index in [9.17, 15) is 29.5 Å². The Morgan fingerprint density at radius 1 is 1.09 bits per heavy atom. The summed E-state index contributed by atoms with van der Waals surface area (Å²) in [6, 6.07) is 9.65. The van der Waals surface area contributed by atoms with Gasteiger partial charge in [0.25, 0.3) is 11.8 Å². The molecule has 13 heteroatoms. The van der Waals surface area contributed by atoms with E-state index in [0.29, 0.717) is 18.0 Å². The summed E-state index contributed by atoms with van der Waals surface area (Å²) in [4.78, 5) is 56.3. The van der Waals surface area contributed by atoms with Crippen molar-refractivity contribution in [1.29, 1.82) is 0 Å². The van der Waals surface area contributed by atoms with Crippen LogP contribution in [0.2, 0.25) is 0 Å². The van der Waals surface area contributed by atoms with Crippen molar-refractivity contribution in [3.05, 3.63) is 30.3 Å². The quantitative estimate of drug-likeness (QED) is 0.387. The monoisotopic (exact) mass is 493 g/mol. The molecule has 35 heavy (non-hydrogen) atoms. The van der Waals surface area contributed by atoms with Gasteiger partial charge in [0, 0.05) is 59.5 Å². The van der Waals surface area contributed by atoms with Crippen LogP contribution in [0.1, 0.15) is 6.42 Å². The summed E-state index contributed by atoms with van der Waals surface area (Å²) >= 11 is 0. The van der Waals surface area contributed by atoms with Crippen molar-refractivity contribution in [2.75, 3.05) is 58.8 Å². The Bertz CT molecular complexity index is 937. The minimum Gasteiger partial charge on any atom is -0.465 e. The zero-order valence-corrected chi connectivity index (χ0v) is 19.9. The number of para-hydroxylation sites is 1. The molecule has 2 fully saturated rings. The average Bonchev–Trinajstić information content (AvgIpc) is 2.87. The van der Waals surface area contributed by atoms with Gasteiger partial charge in [-0.05, 0) is 12.1 Å². The number of hydrogen-bond donors (Lipinski definition) is 3. The fourth-order valence-corrected chi connectivity index (χ4v) is 4.58. The maximum Gasteiger partial charge on any atom is 0.410 e. The van der Waals surface area contributed by atoms with Crippen LogP contribution in [-0.4, -0.2) is 115 Å².